The molecule has 0 aliphatic carbocycles. The second-order valence-electron chi connectivity index (χ2n) is 7.43. The number of carbonyl (C=O) groups excluding carboxylic acids is 2. The molecule has 1 saturated heterocycles. The fourth-order valence-corrected chi connectivity index (χ4v) is 5.00. The minimum absolute atomic E-state index is 0.107. The van der Waals surface area contributed by atoms with Crippen LogP contribution in [0.3, 0.4) is 0 Å². The molecule has 0 bridgehead atoms. The molecule has 2 heterocycles. The van der Waals surface area contributed by atoms with Gasteiger partial charge in [0.25, 0.3) is 0 Å². The number of rotatable bonds is 8. The highest BCUT2D eigenvalue weighted by Crippen LogP contribution is 2.34. The predicted octanol–water partition coefficient (Wildman–Crippen LogP) is 3.56. The van der Waals surface area contributed by atoms with Gasteiger partial charge in [-0.05, 0) is 38.0 Å². The number of anilines is 2. The summed E-state index contributed by atoms with van der Waals surface area (Å²) in [5, 5.41) is 3.55. The van der Waals surface area contributed by atoms with Gasteiger partial charge in [0, 0.05) is 42.8 Å². The predicted molar refractivity (Wildman–Crippen MR) is 125 cm³/mol. The molecule has 1 N–H and O–H groups in total. The van der Waals surface area contributed by atoms with Crippen LogP contribution in [0.15, 0.2) is 24.3 Å². The van der Waals surface area contributed by atoms with Crippen LogP contribution in [0.1, 0.15) is 34.6 Å². The standard InChI is InChI=1S/C23H31N3O4S/c1-5-19-16(3)31-22(21(19)23(28)30-6-2)24-20(27)15-25-10-12-26(13-11-25)17-8-7-9-18(14-17)29-4/h7-9,14H,5-6,10-13,15H2,1-4H3,(H,24,27). The van der Waals surface area contributed by atoms with Gasteiger partial charge in [-0.25, -0.2) is 4.79 Å². The quantitative estimate of drug-likeness (QED) is 0.627. The first-order chi connectivity index (χ1) is 15.0. The summed E-state index contributed by atoms with van der Waals surface area (Å²) in [6, 6.07) is 8.03. The van der Waals surface area contributed by atoms with Crippen molar-refractivity contribution in [3.8, 4) is 5.75 Å². The molecule has 1 fully saturated rings. The number of aryl methyl sites for hydroxylation is 1. The Kier molecular flexibility index (Phi) is 7.92. The van der Waals surface area contributed by atoms with E-state index in [1.165, 1.54) is 11.3 Å². The Morgan fingerprint density at radius 1 is 1.16 bits per heavy atom. The Morgan fingerprint density at radius 3 is 2.55 bits per heavy atom. The number of nitrogens with zero attached hydrogens (tertiary/aromatic N) is 2. The van der Waals surface area contributed by atoms with E-state index in [1.807, 2.05) is 32.0 Å². The van der Waals surface area contributed by atoms with Crippen molar-refractivity contribution < 1.29 is 19.1 Å². The lowest BCUT2D eigenvalue weighted by molar-refractivity contribution is -0.117. The van der Waals surface area contributed by atoms with Crippen LogP contribution < -0.4 is 15.0 Å². The third kappa shape index (κ3) is 5.57. The fraction of sp³-hybridized carbons (Fsp3) is 0.478. The van der Waals surface area contributed by atoms with Crippen molar-refractivity contribution in [1.82, 2.24) is 4.90 Å². The summed E-state index contributed by atoms with van der Waals surface area (Å²) >= 11 is 1.44. The van der Waals surface area contributed by atoms with Gasteiger partial charge in [0.1, 0.15) is 10.8 Å². The van der Waals surface area contributed by atoms with Gasteiger partial charge in [-0.15, -0.1) is 11.3 Å². The number of hydrogen-bond acceptors (Lipinski definition) is 7. The summed E-state index contributed by atoms with van der Waals surface area (Å²) in [7, 11) is 1.67. The van der Waals surface area contributed by atoms with Gasteiger partial charge in [-0.1, -0.05) is 13.0 Å². The van der Waals surface area contributed by atoms with Crippen LogP contribution in [-0.2, 0) is 16.0 Å². The Morgan fingerprint density at radius 2 is 1.90 bits per heavy atom. The van der Waals surface area contributed by atoms with Gasteiger partial charge in [-0.2, -0.15) is 0 Å². The van der Waals surface area contributed by atoms with Gasteiger partial charge >= 0.3 is 5.97 Å². The second-order valence-corrected chi connectivity index (χ2v) is 8.65. The Hall–Kier alpha value is -2.58. The summed E-state index contributed by atoms with van der Waals surface area (Å²) in [5.74, 6) is 0.365. The van der Waals surface area contributed by atoms with Crippen molar-refractivity contribution in [1.29, 1.82) is 0 Å². The molecule has 1 aromatic heterocycles. The second kappa shape index (κ2) is 10.6. The maximum Gasteiger partial charge on any atom is 0.341 e. The monoisotopic (exact) mass is 445 g/mol. The molecule has 1 aromatic carbocycles. The molecule has 1 aliphatic heterocycles. The number of methoxy groups -OCH3 is 1. The summed E-state index contributed by atoms with van der Waals surface area (Å²) in [6.07, 6.45) is 0.721. The highest BCUT2D eigenvalue weighted by molar-refractivity contribution is 7.16. The number of piperazine rings is 1. The molecular weight excluding hydrogens is 414 g/mol. The zero-order chi connectivity index (χ0) is 22.4. The van der Waals surface area contributed by atoms with Gasteiger partial charge in [0.15, 0.2) is 0 Å². The third-order valence-electron chi connectivity index (χ3n) is 5.45. The van der Waals surface area contributed by atoms with Crippen LogP contribution in [-0.4, -0.2) is 63.2 Å². The molecule has 0 unspecified atom stereocenters. The largest absolute Gasteiger partial charge is 0.497 e. The highest BCUT2D eigenvalue weighted by atomic mass is 32.1. The summed E-state index contributed by atoms with van der Waals surface area (Å²) in [4.78, 5) is 30.7. The number of ether oxygens (including phenoxy) is 2. The lowest BCUT2D eigenvalue weighted by Gasteiger charge is -2.35. The molecule has 0 saturated carbocycles. The lowest BCUT2D eigenvalue weighted by atomic mass is 10.1. The summed E-state index contributed by atoms with van der Waals surface area (Å²) in [5.41, 5.74) is 2.58. The van der Waals surface area contributed by atoms with Crippen LogP contribution in [0.25, 0.3) is 0 Å². The fourth-order valence-electron chi connectivity index (χ4n) is 3.85. The zero-order valence-corrected chi connectivity index (χ0v) is 19.5. The van der Waals surface area contributed by atoms with E-state index in [-0.39, 0.29) is 11.9 Å². The lowest BCUT2D eigenvalue weighted by Crippen LogP contribution is -2.48. The minimum atomic E-state index is -0.370. The first-order valence-electron chi connectivity index (χ1n) is 10.7. The minimum Gasteiger partial charge on any atom is -0.497 e. The number of nitrogens with one attached hydrogen (secondary N) is 1. The van der Waals surface area contributed by atoms with Crippen molar-refractivity contribution in [2.45, 2.75) is 27.2 Å². The molecule has 8 heteroatoms. The summed E-state index contributed by atoms with van der Waals surface area (Å²) < 4.78 is 10.5. The summed E-state index contributed by atoms with van der Waals surface area (Å²) in [6.45, 7) is 9.63. The van der Waals surface area contributed by atoms with E-state index in [0.717, 1.165) is 54.5 Å². The number of benzene rings is 1. The first-order valence-corrected chi connectivity index (χ1v) is 11.5. The van der Waals surface area contributed by atoms with Crippen molar-refractivity contribution in [2.24, 2.45) is 0 Å². The molecule has 7 nitrogen and oxygen atoms in total. The van der Waals surface area contributed by atoms with Crippen LogP contribution in [0.2, 0.25) is 0 Å². The third-order valence-corrected chi connectivity index (χ3v) is 6.52. The van der Waals surface area contributed by atoms with E-state index in [9.17, 15) is 9.59 Å². The van der Waals surface area contributed by atoms with Crippen molar-refractivity contribution in [3.63, 3.8) is 0 Å². The molecule has 0 radical (unpaired) electrons. The van der Waals surface area contributed by atoms with Gasteiger partial charge in [0.05, 0.1) is 25.8 Å². The van der Waals surface area contributed by atoms with Crippen molar-refractivity contribution in [2.75, 3.05) is 56.7 Å². The molecule has 31 heavy (non-hydrogen) atoms. The van der Waals surface area contributed by atoms with E-state index in [2.05, 4.69) is 21.2 Å². The van der Waals surface area contributed by atoms with Crippen LogP contribution in [0.4, 0.5) is 10.7 Å². The molecule has 1 aliphatic rings. The number of esters is 1. The Balaban J connectivity index is 1.59. The van der Waals surface area contributed by atoms with Gasteiger partial charge < -0.3 is 19.7 Å². The topological polar surface area (TPSA) is 71.1 Å². The maximum absolute atomic E-state index is 12.7. The van der Waals surface area contributed by atoms with Crippen molar-refractivity contribution >= 4 is 33.9 Å². The average Bonchev–Trinajstić information content (AvgIpc) is 3.09. The Labute approximate surface area is 187 Å². The van der Waals surface area contributed by atoms with Crippen LogP contribution in [0, 0.1) is 6.92 Å². The van der Waals surface area contributed by atoms with Crippen LogP contribution >= 0.6 is 11.3 Å². The smallest absolute Gasteiger partial charge is 0.341 e. The zero-order valence-electron chi connectivity index (χ0n) is 18.7. The van der Waals surface area contributed by atoms with E-state index >= 15 is 0 Å². The van der Waals surface area contributed by atoms with Gasteiger partial charge in [0.2, 0.25) is 5.91 Å². The molecule has 168 valence electrons. The highest BCUT2D eigenvalue weighted by Gasteiger charge is 2.25. The van der Waals surface area contributed by atoms with Gasteiger partial charge in [-0.3, -0.25) is 9.69 Å². The SMILES string of the molecule is CCOC(=O)c1c(NC(=O)CN2CCN(c3cccc(OC)c3)CC2)sc(C)c1CC. The molecule has 0 spiro atoms. The number of thiophene rings is 1. The maximum atomic E-state index is 12.7. The first kappa shape index (κ1) is 23.1. The molecular formula is C23H31N3O4S. The average molecular weight is 446 g/mol. The van der Waals surface area contributed by atoms with E-state index in [4.69, 9.17) is 9.47 Å². The molecule has 3 rings (SSSR count). The number of hydrogen-bond donors (Lipinski definition) is 1. The molecule has 1 amide bonds. The molecule has 2 aromatic rings. The van der Waals surface area contributed by atoms with E-state index < -0.39 is 0 Å². The number of carbonyl (C=O) groups is 2. The molecule has 0 atom stereocenters. The van der Waals surface area contributed by atoms with Crippen molar-refractivity contribution in [3.05, 3.63) is 40.3 Å². The Bertz CT molecular complexity index is 920. The van der Waals surface area contributed by atoms with E-state index in [1.54, 1.807) is 14.0 Å². The number of amides is 1. The van der Waals surface area contributed by atoms with E-state index in [0.29, 0.717) is 23.7 Å². The van der Waals surface area contributed by atoms with Crippen LogP contribution in [0.5, 0.6) is 5.75 Å². The normalized spacial score (nSPS) is 14.4.